The van der Waals surface area contributed by atoms with E-state index in [4.69, 9.17) is 14.2 Å². The minimum atomic E-state index is -0.787. The van der Waals surface area contributed by atoms with Gasteiger partial charge in [0.05, 0.1) is 0 Å². The molecule has 77 heavy (non-hydrogen) atoms. The molecule has 446 valence electrons. The highest BCUT2D eigenvalue weighted by Gasteiger charge is 2.19. The average Bonchev–Trinajstić information content (AvgIpc) is 3.43. The lowest BCUT2D eigenvalue weighted by Crippen LogP contribution is -2.30. The maximum absolute atomic E-state index is 12.9. The van der Waals surface area contributed by atoms with Gasteiger partial charge in [-0.1, -0.05) is 280 Å². The number of unbranched alkanes of at least 4 members (excludes halogenated alkanes) is 38. The van der Waals surface area contributed by atoms with Crippen molar-refractivity contribution in [3.8, 4) is 0 Å². The molecule has 0 aromatic rings. The molecule has 0 saturated heterocycles. The molecule has 1 atom stereocenters. The molecular weight excluding hydrogens is 949 g/mol. The van der Waals surface area contributed by atoms with Gasteiger partial charge in [0.15, 0.2) is 6.10 Å². The molecule has 0 fully saturated rings. The molecule has 0 spiro atoms. The third kappa shape index (κ3) is 63.6. The highest BCUT2D eigenvalue weighted by Crippen LogP contribution is 2.16. The summed E-state index contributed by atoms with van der Waals surface area (Å²) in [5.74, 6) is -0.889. The van der Waals surface area contributed by atoms with Gasteiger partial charge in [-0.25, -0.2) is 0 Å². The van der Waals surface area contributed by atoms with Gasteiger partial charge in [0.1, 0.15) is 13.2 Å². The SMILES string of the molecule is CCCCC/C=C\C/C=C\CCCCCCCCCC(=O)OCC(COC(=O)CCCCCCCC/C=C\C/C=C\C/C=C\CCCCCCC)OC(=O)CCCCCCCCCCC/C=C\CCCCCCCCCC. The number of carbonyl (C=O) groups is 3. The lowest BCUT2D eigenvalue weighted by Gasteiger charge is -2.18. The average molecular weight is 1080 g/mol. The minimum Gasteiger partial charge on any atom is -0.462 e. The van der Waals surface area contributed by atoms with E-state index in [1.807, 2.05) is 0 Å². The van der Waals surface area contributed by atoms with Crippen LogP contribution >= 0.6 is 0 Å². The molecule has 0 N–H and O–H groups in total. The van der Waals surface area contributed by atoms with Crippen LogP contribution in [0.25, 0.3) is 0 Å². The lowest BCUT2D eigenvalue weighted by atomic mass is 10.1. The number of ether oxygens (including phenoxy) is 3. The van der Waals surface area contributed by atoms with Crippen LogP contribution in [0.5, 0.6) is 0 Å². The largest absolute Gasteiger partial charge is 0.462 e. The summed E-state index contributed by atoms with van der Waals surface area (Å²) in [6.45, 7) is 6.63. The van der Waals surface area contributed by atoms with E-state index in [1.54, 1.807) is 0 Å². The van der Waals surface area contributed by atoms with Gasteiger partial charge < -0.3 is 14.2 Å². The maximum atomic E-state index is 12.9. The van der Waals surface area contributed by atoms with E-state index in [0.717, 1.165) is 89.9 Å². The van der Waals surface area contributed by atoms with E-state index >= 15 is 0 Å². The lowest BCUT2D eigenvalue weighted by molar-refractivity contribution is -0.167. The van der Waals surface area contributed by atoms with E-state index in [1.165, 1.54) is 212 Å². The molecule has 0 aromatic heterocycles. The zero-order valence-electron chi connectivity index (χ0n) is 51.2. The molecule has 0 amide bonds. The van der Waals surface area contributed by atoms with Gasteiger partial charge in [-0.2, -0.15) is 0 Å². The Balaban J connectivity index is 4.40. The highest BCUT2D eigenvalue weighted by atomic mass is 16.6. The first-order valence-corrected chi connectivity index (χ1v) is 33.4. The van der Waals surface area contributed by atoms with Crippen LogP contribution in [0.3, 0.4) is 0 Å². The number of hydrogen-bond acceptors (Lipinski definition) is 6. The number of allylic oxidation sites excluding steroid dienone is 12. The van der Waals surface area contributed by atoms with E-state index in [9.17, 15) is 14.4 Å². The first kappa shape index (κ1) is 73.8. The van der Waals surface area contributed by atoms with Gasteiger partial charge in [-0.05, 0) is 116 Å². The topological polar surface area (TPSA) is 78.9 Å². The maximum Gasteiger partial charge on any atom is 0.306 e. The Morgan fingerprint density at radius 3 is 0.766 bits per heavy atom. The molecule has 0 heterocycles. The van der Waals surface area contributed by atoms with Crippen molar-refractivity contribution in [1.82, 2.24) is 0 Å². The molecule has 0 rings (SSSR count). The molecule has 0 saturated carbocycles. The van der Waals surface area contributed by atoms with Crippen molar-refractivity contribution in [3.63, 3.8) is 0 Å². The Morgan fingerprint density at radius 1 is 0.260 bits per heavy atom. The summed E-state index contributed by atoms with van der Waals surface area (Å²) in [6.07, 6.45) is 84.7. The van der Waals surface area contributed by atoms with Gasteiger partial charge in [-0.15, -0.1) is 0 Å². The van der Waals surface area contributed by atoms with Crippen LogP contribution in [-0.2, 0) is 28.6 Å². The van der Waals surface area contributed by atoms with Gasteiger partial charge >= 0.3 is 17.9 Å². The van der Waals surface area contributed by atoms with Crippen molar-refractivity contribution < 1.29 is 28.6 Å². The summed E-state index contributed by atoms with van der Waals surface area (Å²) < 4.78 is 17.0. The van der Waals surface area contributed by atoms with Crippen LogP contribution in [0.1, 0.15) is 342 Å². The summed E-state index contributed by atoms with van der Waals surface area (Å²) in [4.78, 5) is 38.4. The molecule has 0 aliphatic heterocycles. The number of esters is 3. The second-order valence-corrected chi connectivity index (χ2v) is 22.4. The molecule has 6 heteroatoms. The van der Waals surface area contributed by atoms with Crippen LogP contribution in [0.4, 0.5) is 0 Å². The molecule has 0 aromatic carbocycles. The molecule has 0 aliphatic rings. The van der Waals surface area contributed by atoms with Gasteiger partial charge in [0, 0.05) is 19.3 Å². The fourth-order valence-corrected chi connectivity index (χ4v) is 9.59. The summed E-state index contributed by atoms with van der Waals surface area (Å²) in [5.41, 5.74) is 0. The predicted molar refractivity (Wildman–Crippen MR) is 335 cm³/mol. The summed E-state index contributed by atoms with van der Waals surface area (Å²) in [7, 11) is 0. The predicted octanol–water partition coefficient (Wildman–Crippen LogP) is 22.9. The van der Waals surface area contributed by atoms with Crippen molar-refractivity contribution in [2.75, 3.05) is 13.2 Å². The van der Waals surface area contributed by atoms with Gasteiger partial charge in [-0.3, -0.25) is 14.4 Å². The standard InChI is InChI=1S/C71H126O6/c1-4-7-10-13-16-19-22-25-28-31-33-35-37-40-43-46-49-52-55-58-61-64-70(73)76-67-68(66-75-69(72)63-60-57-54-51-48-45-42-39-30-27-24-21-18-15-12-9-6-3)77-71(74)65-62-59-56-53-50-47-44-41-38-36-34-32-29-26-23-20-17-14-11-8-5-2/h18,21-22,25,27,30-34,37,40,68H,4-17,19-20,23-24,26,28-29,35-36,38-39,41-67H2,1-3H3/b21-18-,25-22-,30-27-,33-31-,34-32-,40-37-. The van der Waals surface area contributed by atoms with Crippen molar-refractivity contribution in [2.24, 2.45) is 0 Å². The molecule has 0 radical (unpaired) electrons. The van der Waals surface area contributed by atoms with E-state index in [-0.39, 0.29) is 31.1 Å². The van der Waals surface area contributed by atoms with Crippen LogP contribution in [-0.4, -0.2) is 37.2 Å². The van der Waals surface area contributed by atoms with E-state index < -0.39 is 6.10 Å². The van der Waals surface area contributed by atoms with Crippen LogP contribution < -0.4 is 0 Å². The number of carbonyl (C=O) groups excluding carboxylic acids is 3. The smallest absolute Gasteiger partial charge is 0.306 e. The second-order valence-electron chi connectivity index (χ2n) is 22.4. The normalized spacial score (nSPS) is 12.5. The number of hydrogen-bond donors (Lipinski definition) is 0. The Kier molecular flexibility index (Phi) is 62.7. The quantitative estimate of drug-likeness (QED) is 0.0261. The van der Waals surface area contributed by atoms with E-state index in [2.05, 4.69) is 93.7 Å². The molecule has 6 nitrogen and oxygen atoms in total. The molecular formula is C71H126O6. The van der Waals surface area contributed by atoms with E-state index in [0.29, 0.717) is 19.3 Å². The molecule has 1 unspecified atom stereocenters. The Bertz CT molecular complexity index is 1420. The zero-order chi connectivity index (χ0) is 55.7. The Hall–Kier alpha value is -3.15. The van der Waals surface area contributed by atoms with Crippen molar-refractivity contribution in [1.29, 1.82) is 0 Å². The van der Waals surface area contributed by atoms with Crippen LogP contribution in [0.2, 0.25) is 0 Å². The third-order valence-corrected chi connectivity index (χ3v) is 14.7. The molecule has 0 bridgehead atoms. The minimum absolute atomic E-state index is 0.0833. The Morgan fingerprint density at radius 2 is 0.468 bits per heavy atom. The fraction of sp³-hybridized carbons (Fsp3) is 0.789. The second kappa shape index (κ2) is 65.4. The zero-order valence-corrected chi connectivity index (χ0v) is 51.2. The highest BCUT2D eigenvalue weighted by molar-refractivity contribution is 5.71. The van der Waals surface area contributed by atoms with Crippen molar-refractivity contribution in [3.05, 3.63) is 72.9 Å². The van der Waals surface area contributed by atoms with Gasteiger partial charge in [0.25, 0.3) is 0 Å². The molecule has 0 aliphatic carbocycles. The summed E-state index contributed by atoms with van der Waals surface area (Å²) in [6, 6.07) is 0. The third-order valence-electron chi connectivity index (χ3n) is 14.7. The first-order chi connectivity index (χ1) is 38.0. The fourth-order valence-electron chi connectivity index (χ4n) is 9.59. The van der Waals surface area contributed by atoms with Crippen molar-refractivity contribution >= 4 is 17.9 Å². The van der Waals surface area contributed by atoms with Gasteiger partial charge in [0.2, 0.25) is 0 Å². The number of rotatable bonds is 61. The first-order valence-electron chi connectivity index (χ1n) is 33.4. The summed E-state index contributed by atoms with van der Waals surface area (Å²) >= 11 is 0. The van der Waals surface area contributed by atoms with Crippen LogP contribution in [0.15, 0.2) is 72.9 Å². The Labute approximate surface area is 478 Å². The van der Waals surface area contributed by atoms with Crippen molar-refractivity contribution in [2.45, 2.75) is 348 Å². The summed E-state index contributed by atoms with van der Waals surface area (Å²) in [5, 5.41) is 0. The van der Waals surface area contributed by atoms with Crippen LogP contribution in [0, 0.1) is 0 Å². The monoisotopic (exact) mass is 1070 g/mol.